The Morgan fingerprint density at radius 3 is 1.59 bits per heavy atom. The van der Waals surface area contributed by atoms with Crippen molar-refractivity contribution in [3.63, 3.8) is 0 Å². The molecule has 0 unspecified atom stereocenters. The number of ether oxygens (including phenoxy) is 3. The van der Waals surface area contributed by atoms with Gasteiger partial charge >= 0.3 is 0 Å². The monoisotopic (exact) mass is 866 g/mol. The number of furan rings is 1. The molecule has 0 bridgehead atoms. The maximum atomic E-state index is 6.81. The SMILES string of the molecule is C=C(/C=C\C)Oc1c(C)cccc1N(c1ccccc1OC)c1cc(C(C)C)c2ccc3c(N(c4ccccc4OC)c4cccc5c4oc4ccccc45)cc(C(C)C)c4ccc1c2c43. The van der Waals surface area contributed by atoms with Gasteiger partial charge in [-0.05, 0) is 125 Å². The number of aryl methyl sites for hydroxylation is 1. The molecule has 66 heavy (non-hydrogen) atoms. The number of benzene rings is 9. The highest BCUT2D eigenvalue weighted by molar-refractivity contribution is 6.30. The van der Waals surface area contributed by atoms with E-state index in [1.807, 2.05) is 55.5 Å². The van der Waals surface area contributed by atoms with Gasteiger partial charge in [0.25, 0.3) is 0 Å². The minimum atomic E-state index is 0.190. The van der Waals surface area contributed by atoms with Crippen molar-refractivity contribution in [2.45, 2.75) is 53.4 Å². The van der Waals surface area contributed by atoms with Crippen molar-refractivity contribution >= 4 is 88.4 Å². The van der Waals surface area contributed by atoms with Gasteiger partial charge in [0.15, 0.2) is 11.3 Å². The maximum Gasteiger partial charge on any atom is 0.159 e. The fraction of sp³-hybridized carbons (Fsp3) is 0.167. The Hall–Kier alpha value is -7.70. The zero-order valence-corrected chi connectivity index (χ0v) is 38.9. The van der Waals surface area contributed by atoms with E-state index in [1.54, 1.807) is 14.2 Å². The Bertz CT molecular complexity index is 3500. The second kappa shape index (κ2) is 17.0. The molecule has 0 amide bonds. The van der Waals surface area contributed by atoms with Gasteiger partial charge in [0.2, 0.25) is 0 Å². The van der Waals surface area contributed by atoms with E-state index >= 15 is 0 Å². The average Bonchev–Trinajstić information content (AvgIpc) is 3.72. The average molecular weight is 867 g/mol. The van der Waals surface area contributed by atoms with Gasteiger partial charge in [0, 0.05) is 21.5 Å². The summed E-state index contributed by atoms with van der Waals surface area (Å²) in [6.07, 6.45) is 3.84. The van der Waals surface area contributed by atoms with Crippen LogP contribution in [0.3, 0.4) is 0 Å². The zero-order valence-electron chi connectivity index (χ0n) is 38.9. The van der Waals surface area contributed by atoms with E-state index < -0.39 is 0 Å². The molecule has 6 nitrogen and oxygen atoms in total. The van der Waals surface area contributed by atoms with Crippen molar-refractivity contribution in [1.82, 2.24) is 0 Å². The second-order valence-corrected chi connectivity index (χ2v) is 17.6. The van der Waals surface area contributed by atoms with Crippen molar-refractivity contribution in [3.8, 4) is 17.2 Å². The number of methoxy groups -OCH3 is 2. The van der Waals surface area contributed by atoms with Crippen molar-refractivity contribution in [3.05, 3.63) is 187 Å². The van der Waals surface area contributed by atoms with Gasteiger partial charge in [0.05, 0.1) is 48.3 Å². The molecule has 6 heteroatoms. The molecule has 0 saturated carbocycles. The number of anilines is 6. The molecule has 0 radical (unpaired) electrons. The lowest BCUT2D eigenvalue weighted by Gasteiger charge is -2.33. The smallest absolute Gasteiger partial charge is 0.159 e. The molecule has 0 fully saturated rings. The van der Waals surface area contributed by atoms with Gasteiger partial charge in [-0.25, -0.2) is 0 Å². The Kier molecular flexibility index (Phi) is 10.9. The highest BCUT2D eigenvalue weighted by Gasteiger charge is 2.30. The number of nitrogens with zero attached hydrogens (tertiary/aromatic N) is 2. The summed E-state index contributed by atoms with van der Waals surface area (Å²) in [4.78, 5) is 4.66. The van der Waals surface area contributed by atoms with Gasteiger partial charge in [-0.1, -0.05) is 131 Å². The zero-order chi connectivity index (χ0) is 45.8. The van der Waals surface area contributed by atoms with Crippen molar-refractivity contribution in [1.29, 1.82) is 0 Å². The first-order valence-electron chi connectivity index (χ1n) is 22.8. The largest absolute Gasteiger partial charge is 0.495 e. The summed E-state index contributed by atoms with van der Waals surface area (Å²) in [5, 5.41) is 9.20. The van der Waals surface area contributed by atoms with E-state index in [-0.39, 0.29) is 11.8 Å². The molecular formula is C60H54N2O4. The summed E-state index contributed by atoms with van der Waals surface area (Å²) in [5.74, 6) is 3.16. The first kappa shape index (κ1) is 42.3. The van der Waals surface area contributed by atoms with E-state index in [4.69, 9.17) is 18.6 Å². The highest BCUT2D eigenvalue weighted by Crippen LogP contribution is 2.54. The van der Waals surface area contributed by atoms with Crippen LogP contribution in [0.2, 0.25) is 0 Å². The predicted molar refractivity (Wildman–Crippen MR) is 277 cm³/mol. The van der Waals surface area contributed by atoms with E-state index in [0.29, 0.717) is 5.76 Å². The molecular weight excluding hydrogens is 813 g/mol. The lowest BCUT2D eigenvalue weighted by molar-refractivity contribution is 0.415. The van der Waals surface area contributed by atoms with Crippen LogP contribution in [0.1, 0.15) is 63.1 Å². The summed E-state index contributed by atoms with van der Waals surface area (Å²) >= 11 is 0. The fourth-order valence-electron chi connectivity index (χ4n) is 9.95. The molecule has 9 aromatic carbocycles. The molecule has 0 aliphatic heterocycles. The van der Waals surface area contributed by atoms with Crippen LogP contribution in [0, 0.1) is 6.92 Å². The van der Waals surface area contributed by atoms with Crippen LogP contribution in [0.5, 0.6) is 17.2 Å². The first-order valence-corrected chi connectivity index (χ1v) is 22.8. The molecule has 0 aliphatic carbocycles. The van der Waals surface area contributed by atoms with Crippen LogP contribution in [-0.2, 0) is 0 Å². The molecule has 0 aliphatic rings. The van der Waals surface area contributed by atoms with E-state index in [9.17, 15) is 0 Å². The first-order chi connectivity index (χ1) is 32.1. The fourth-order valence-corrected chi connectivity index (χ4v) is 9.95. The number of para-hydroxylation sites is 7. The van der Waals surface area contributed by atoms with E-state index in [2.05, 4.69) is 160 Å². The molecule has 1 heterocycles. The highest BCUT2D eigenvalue weighted by atomic mass is 16.5. The van der Waals surface area contributed by atoms with Gasteiger partial charge in [-0.15, -0.1) is 0 Å². The van der Waals surface area contributed by atoms with Crippen molar-refractivity contribution < 1.29 is 18.6 Å². The summed E-state index contributed by atoms with van der Waals surface area (Å²) < 4.78 is 25.8. The van der Waals surface area contributed by atoms with Crippen LogP contribution in [0.25, 0.3) is 54.3 Å². The molecule has 328 valence electrons. The Labute approximate surface area is 386 Å². The topological polar surface area (TPSA) is 47.3 Å². The van der Waals surface area contributed by atoms with E-state index in [0.717, 1.165) is 89.6 Å². The third-order valence-electron chi connectivity index (χ3n) is 12.9. The number of hydrogen-bond donors (Lipinski definition) is 0. The molecule has 10 rings (SSSR count). The van der Waals surface area contributed by atoms with E-state index in [1.165, 1.54) is 32.7 Å². The summed E-state index contributed by atoms with van der Waals surface area (Å²) in [6, 6.07) is 51.6. The predicted octanol–water partition coefficient (Wildman–Crippen LogP) is 17.5. The Morgan fingerprint density at radius 1 is 0.530 bits per heavy atom. The van der Waals surface area contributed by atoms with Crippen molar-refractivity contribution in [2.75, 3.05) is 24.0 Å². The summed E-state index contributed by atoms with van der Waals surface area (Å²) in [6.45, 7) is 17.5. The van der Waals surface area contributed by atoms with Gasteiger partial charge in [-0.3, -0.25) is 0 Å². The van der Waals surface area contributed by atoms with Crippen LogP contribution >= 0.6 is 0 Å². The maximum absolute atomic E-state index is 6.81. The molecule has 10 aromatic rings. The molecule has 1 aromatic heterocycles. The minimum Gasteiger partial charge on any atom is -0.495 e. The minimum absolute atomic E-state index is 0.190. The quantitative estimate of drug-likeness (QED) is 0.0654. The second-order valence-electron chi connectivity index (χ2n) is 17.6. The van der Waals surface area contributed by atoms with Gasteiger partial charge in [-0.2, -0.15) is 0 Å². The third-order valence-corrected chi connectivity index (χ3v) is 12.9. The molecule has 0 spiro atoms. The van der Waals surface area contributed by atoms with Crippen LogP contribution in [0.4, 0.5) is 34.1 Å². The summed E-state index contributed by atoms with van der Waals surface area (Å²) in [7, 11) is 3.47. The Balaban J connectivity index is 1.35. The van der Waals surface area contributed by atoms with Gasteiger partial charge in [0.1, 0.15) is 22.8 Å². The lowest BCUT2D eigenvalue weighted by atomic mass is 9.84. The summed E-state index contributed by atoms with van der Waals surface area (Å²) in [5.41, 5.74) is 10.8. The third kappa shape index (κ3) is 6.87. The lowest BCUT2D eigenvalue weighted by Crippen LogP contribution is -2.15. The van der Waals surface area contributed by atoms with Crippen LogP contribution in [-0.4, -0.2) is 14.2 Å². The normalized spacial score (nSPS) is 11.9. The molecule has 0 saturated heterocycles. The van der Waals surface area contributed by atoms with Crippen molar-refractivity contribution in [2.24, 2.45) is 0 Å². The number of hydrogen-bond acceptors (Lipinski definition) is 6. The number of fused-ring (bicyclic) bond motifs is 3. The molecule has 0 atom stereocenters. The number of allylic oxidation sites excluding steroid dienone is 2. The standard InChI is InChI=1S/C60H54N2O4/c1-10-19-39(7)65-59-38(6)20-17-25-50(59)61(48-23-12-15-28-55(48)63-8)52-34-46(36(2)3)41-31-33-45-53(35-47(37(4)5)42-30-32-44(52)57(41)58(42)45)62(49-24-13-16-29-56(49)64-9)51-26-18-22-43-40-21-11-14-27-54(40)66-60(43)51/h10-37H,7H2,1-6,8-9H3/b19-10-. The molecule has 0 N–H and O–H groups in total. The Morgan fingerprint density at radius 2 is 1.02 bits per heavy atom. The van der Waals surface area contributed by atoms with Crippen LogP contribution in [0.15, 0.2) is 175 Å². The number of rotatable bonds is 13. The van der Waals surface area contributed by atoms with Gasteiger partial charge < -0.3 is 28.4 Å². The van der Waals surface area contributed by atoms with Crippen LogP contribution < -0.4 is 24.0 Å².